The first-order valence-corrected chi connectivity index (χ1v) is 6.18. The molecule has 0 aliphatic carbocycles. The number of hydrogen-bond donors (Lipinski definition) is 2. The summed E-state index contributed by atoms with van der Waals surface area (Å²) in [5.74, 6) is -0.380. The molecule has 0 atom stereocenters. The Kier molecular flexibility index (Phi) is 1.99. The molecule has 98 valence electrons. The van der Waals surface area contributed by atoms with Gasteiger partial charge in [-0.2, -0.15) is 0 Å². The summed E-state index contributed by atoms with van der Waals surface area (Å²) >= 11 is 0. The monoisotopic (exact) mass is 266 g/mol. The second kappa shape index (κ2) is 3.60. The predicted octanol–water partition coefficient (Wildman–Crippen LogP) is 2.21. The molecule has 0 unspecified atom stereocenters. The highest BCUT2D eigenvalue weighted by Gasteiger charge is 2.33. The second-order valence-electron chi connectivity index (χ2n) is 4.71. The average molecular weight is 266 g/mol. The molecule has 0 bridgehead atoms. The Labute approximate surface area is 113 Å². The molecule has 3 aromatic rings. The smallest absolute Gasteiger partial charge is 0.262 e. The van der Waals surface area contributed by atoms with Crippen molar-refractivity contribution in [1.82, 2.24) is 10.3 Å². The number of nitrogens with one attached hydrogen (secondary N) is 2. The molecule has 5 heteroatoms. The fourth-order valence-corrected chi connectivity index (χ4v) is 2.83. The van der Waals surface area contributed by atoms with Crippen molar-refractivity contribution in [1.29, 1.82) is 0 Å². The lowest BCUT2D eigenvalue weighted by Gasteiger charge is -2.05. The van der Waals surface area contributed by atoms with E-state index in [-0.39, 0.29) is 5.91 Å². The summed E-state index contributed by atoms with van der Waals surface area (Å²) in [5.41, 5.74) is 2.41. The SMILES string of the molecule is COc1cc2[nH]c3ccccc3c2c2c1C(=O)NC2=O. The van der Waals surface area contributed by atoms with Crippen LogP contribution in [0.25, 0.3) is 21.8 Å². The molecule has 1 aliphatic rings. The van der Waals surface area contributed by atoms with E-state index < -0.39 is 5.91 Å². The zero-order valence-electron chi connectivity index (χ0n) is 10.6. The number of methoxy groups -OCH3 is 1. The minimum absolute atomic E-state index is 0.315. The molecule has 0 spiro atoms. The lowest BCUT2D eigenvalue weighted by molar-refractivity contribution is 0.0879. The fourth-order valence-electron chi connectivity index (χ4n) is 2.83. The van der Waals surface area contributed by atoms with Crippen molar-refractivity contribution >= 4 is 33.6 Å². The summed E-state index contributed by atoms with van der Waals surface area (Å²) in [7, 11) is 1.49. The molecule has 20 heavy (non-hydrogen) atoms. The largest absolute Gasteiger partial charge is 0.496 e. The molecule has 2 amide bonds. The number of carbonyl (C=O) groups excluding carboxylic acids is 2. The van der Waals surface area contributed by atoms with Gasteiger partial charge in [0.25, 0.3) is 11.8 Å². The number of benzene rings is 2. The number of fused-ring (bicyclic) bond motifs is 5. The molecule has 0 fully saturated rings. The number of aromatic amines is 1. The Morgan fingerprint density at radius 1 is 1.00 bits per heavy atom. The van der Waals surface area contributed by atoms with E-state index in [0.29, 0.717) is 16.9 Å². The molecule has 5 nitrogen and oxygen atoms in total. The first-order chi connectivity index (χ1) is 9.70. The second-order valence-corrected chi connectivity index (χ2v) is 4.71. The Balaban J connectivity index is 2.28. The summed E-state index contributed by atoms with van der Waals surface area (Å²) < 4.78 is 5.25. The predicted molar refractivity (Wildman–Crippen MR) is 74.2 cm³/mol. The first-order valence-electron chi connectivity index (χ1n) is 6.18. The molecule has 1 aromatic heterocycles. The number of rotatable bonds is 1. The van der Waals surface area contributed by atoms with E-state index >= 15 is 0 Å². The lowest BCUT2D eigenvalue weighted by atomic mass is 10.0. The zero-order chi connectivity index (χ0) is 13.9. The zero-order valence-corrected chi connectivity index (χ0v) is 10.6. The lowest BCUT2D eigenvalue weighted by Crippen LogP contribution is -2.20. The molecule has 0 saturated heterocycles. The summed E-state index contributed by atoms with van der Waals surface area (Å²) in [6.45, 7) is 0. The van der Waals surface area contributed by atoms with Crippen molar-refractivity contribution in [2.45, 2.75) is 0 Å². The Hall–Kier alpha value is -2.82. The summed E-state index contributed by atoms with van der Waals surface area (Å²) in [6.07, 6.45) is 0. The van der Waals surface area contributed by atoms with Crippen LogP contribution in [0, 0.1) is 0 Å². The Morgan fingerprint density at radius 2 is 1.75 bits per heavy atom. The van der Waals surface area contributed by atoms with E-state index in [1.54, 1.807) is 6.07 Å². The van der Waals surface area contributed by atoms with Crippen LogP contribution in [-0.2, 0) is 0 Å². The van der Waals surface area contributed by atoms with Gasteiger partial charge in [-0.25, -0.2) is 0 Å². The minimum atomic E-state index is -0.408. The van der Waals surface area contributed by atoms with Crippen LogP contribution in [0.4, 0.5) is 0 Å². The van der Waals surface area contributed by atoms with Gasteiger partial charge < -0.3 is 9.72 Å². The normalized spacial score (nSPS) is 13.8. The van der Waals surface area contributed by atoms with Crippen molar-refractivity contribution in [2.75, 3.05) is 7.11 Å². The van der Waals surface area contributed by atoms with Crippen molar-refractivity contribution < 1.29 is 14.3 Å². The van der Waals surface area contributed by atoms with Gasteiger partial charge in [0.05, 0.1) is 23.8 Å². The number of aromatic nitrogens is 1. The highest BCUT2D eigenvalue weighted by Crippen LogP contribution is 2.37. The highest BCUT2D eigenvalue weighted by molar-refractivity contribution is 6.31. The fraction of sp³-hybridized carbons (Fsp3) is 0.0667. The van der Waals surface area contributed by atoms with Crippen LogP contribution in [0.2, 0.25) is 0 Å². The van der Waals surface area contributed by atoms with Gasteiger partial charge in [-0.05, 0) is 6.07 Å². The van der Waals surface area contributed by atoms with E-state index in [1.165, 1.54) is 7.11 Å². The first kappa shape index (κ1) is 11.0. The van der Waals surface area contributed by atoms with Gasteiger partial charge in [-0.1, -0.05) is 18.2 Å². The summed E-state index contributed by atoms with van der Waals surface area (Å²) in [4.78, 5) is 27.3. The number of amides is 2. The molecule has 1 aliphatic heterocycles. The summed E-state index contributed by atoms with van der Waals surface area (Å²) in [5, 5.41) is 4.02. The van der Waals surface area contributed by atoms with E-state index in [1.807, 2.05) is 24.3 Å². The average Bonchev–Trinajstić information content (AvgIpc) is 2.95. The number of H-pyrrole nitrogens is 1. The number of carbonyl (C=O) groups is 2. The quantitative estimate of drug-likeness (QED) is 0.663. The number of hydrogen-bond acceptors (Lipinski definition) is 3. The molecule has 2 heterocycles. The van der Waals surface area contributed by atoms with Crippen LogP contribution in [0.1, 0.15) is 20.7 Å². The van der Waals surface area contributed by atoms with Crippen molar-refractivity contribution in [3.05, 3.63) is 41.5 Å². The number of imide groups is 1. The van der Waals surface area contributed by atoms with Crippen LogP contribution in [-0.4, -0.2) is 23.9 Å². The third kappa shape index (κ3) is 1.21. The van der Waals surface area contributed by atoms with E-state index in [4.69, 9.17) is 4.74 Å². The molecule has 0 radical (unpaired) electrons. The van der Waals surface area contributed by atoms with Gasteiger partial charge in [0.2, 0.25) is 0 Å². The van der Waals surface area contributed by atoms with Crippen LogP contribution >= 0.6 is 0 Å². The molecule has 2 N–H and O–H groups in total. The third-order valence-electron chi connectivity index (χ3n) is 3.66. The topological polar surface area (TPSA) is 71.2 Å². The van der Waals surface area contributed by atoms with Crippen LogP contribution in [0.15, 0.2) is 30.3 Å². The highest BCUT2D eigenvalue weighted by atomic mass is 16.5. The van der Waals surface area contributed by atoms with Crippen molar-refractivity contribution in [3.63, 3.8) is 0 Å². The van der Waals surface area contributed by atoms with Gasteiger partial charge in [0.15, 0.2) is 0 Å². The van der Waals surface area contributed by atoms with Crippen molar-refractivity contribution in [3.8, 4) is 5.75 Å². The van der Waals surface area contributed by atoms with Crippen molar-refractivity contribution in [2.24, 2.45) is 0 Å². The van der Waals surface area contributed by atoms with Crippen LogP contribution in [0.5, 0.6) is 5.75 Å². The van der Waals surface area contributed by atoms with Gasteiger partial charge in [0, 0.05) is 22.4 Å². The van der Waals surface area contributed by atoms with Gasteiger partial charge in [-0.3, -0.25) is 14.9 Å². The molecule has 4 rings (SSSR count). The maximum Gasteiger partial charge on any atom is 0.262 e. The van der Waals surface area contributed by atoms with Gasteiger partial charge in [0.1, 0.15) is 5.75 Å². The molecular weight excluding hydrogens is 256 g/mol. The Bertz CT molecular complexity index is 908. The Morgan fingerprint density at radius 3 is 2.55 bits per heavy atom. The number of para-hydroxylation sites is 1. The van der Waals surface area contributed by atoms with Crippen LogP contribution < -0.4 is 10.1 Å². The standard InChI is InChI=1S/C15H10N2O3/c1-20-10-6-9-11(7-4-2-3-5-8(7)16-9)13-12(10)14(18)17-15(13)19/h2-6,16H,1H3,(H,17,18,19). The van der Waals surface area contributed by atoms with E-state index in [0.717, 1.165) is 21.8 Å². The molecule has 0 saturated carbocycles. The summed E-state index contributed by atoms with van der Waals surface area (Å²) in [6, 6.07) is 9.44. The third-order valence-corrected chi connectivity index (χ3v) is 3.66. The van der Waals surface area contributed by atoms with Gasteiger partial charge in [-0.15, -0.1) is 0 Å². The number of ether oxygens (including phenoxy) is 1. The van der Waals surface area contributed by atoms with Gasteiger partial charge >= 0.3 is 0 Å². The maximum atomic E-state index is 12.1. The molecular formula is C15H10N2O3. The maximum absolute atomic E-state index is 12.1. The van der Waals surface area contributed by atoms with E-state index in [2.05, 4.69) is 10.3 Å². The van der Waals surface area contributed by atoms with Crippen LogP contribution in [0.3, 0.4) is 0 Å². The molecule has 2 aromatic carbocycles. The minimum Gasteiger partial charge on any atom is -0.496 e. The van der Waals surface area contributed by atoms with E-state index in [9.17, 15) is 9.59 Å².